The van der Waals surface area contributed by atoms with Crippen LogP contribution >= 0.6 is 0 Å². The molecule has 0 aliphatic carbocycles. The molecule has 42 heavy (non-hydrogen) atoms. The molecule has 1 saturated heterocycles. The minimum Gasteiger partial charge on any atom is -0.465 e. The van der Waals surface area contributed by atoms with Crippen molar-refractivity contribution >= 4 is 56.1 Å². The summed E-state index contributed by atoms with van der Waals surface area (Å²) in [5.41, 5.74) is 4.07. The molecule has 3 aromatic rings. The highest BCUT2D eigenvalue weighted by Crippen LogP contribution is 2.38. The van der Waals surface area contributed by atoms with Gasteiger partial charge in [-0.25, -0.2) is 13.2 Å². The van der Waals surface area contributed by atoms with Gasteiger partial charge < -0.3 is 20.3 Å². The molecule has 0 saturated carbocycles. The van der Waals surface area contributed by atoms with E-state index in [0.717, 1.165) is 35.4 Å². The molecular weight excluding hydrogens is 556 g/mol. The lowest BCUT2D eigenvalue weighted by atomic mass is 9.99. The van der Waals surface area contributed by atoms with Crippen molar-refractivity contribution in [2.24, 2.45) is 0 Å². The highest BCUT2D eigenvalue weighted by atomic mass is 32.2. The Balaban J connectivity index is 1.47. The third-order valence-corrected chi connectivity index (χ3v) is 8.45. The molecule has 2 aliphatic heterocycles. The van der Waals surface area contributed by atoms with Crippen LogP contribution in [0, 0.1) is 0 Å². The molecule has 10 nitrogen and oxygen atoms in total. The number of carbonyl (C=O) groups excluding carboxylic acids is 3. The Morgan fingerprint density at radius 1 is 0.952 bits per heavy atom. The number of anilines is 3. The SMILES string of the molecule is COC(=O)c1ccc2c(c1)NC(=O)C2=C(Nc1ccc(N(CC(=O)N2CCCCC2)S(C)(=O)=O)cc1)c1ccccc1. The van der Waals surface area contributed by atoms with Gasteiger partial charge in [0.05, 0.1) is 41.6 Å². The second kappa shape index (κ2) is 12.1. The zero-order valence-corrected chi connectivity index (χ0v) is 24.2. The van der Waals surface area contributed by atoms with Crippen molar-refractivity contribution in [3.8, 4) is 0 Å². The molecule has 0 unspecified atom stereocenters. The van der Waals surface area contributed by atoms with Crippen molar-refractivity contribution in [3.05, 3.63) is 89.5 Å². The van der Waals surface area contributed by atoms with Gasteiger partial charge in [0, 0.05) is 24.3 Å². The molecule has 0 atom stereocenters. The smallest absolute Gasteiger partial charge is 0.337 e. The van der Waals surface area contributed by atoms with Crippen LogP contribution in [0.1, 0.15) is 40.7 Å². The van der Waals surface area contributed by atoms with Gasteiger partial charge in [0.2, 0.25) is 15.9 Å². The average Bonchev–Trinajstić information content (AvgIpc) is 3.33. The van der Waals surface area contributed by atoms with E-state index >= 15 is 0 Å². The third-order valence-electron chi connectivity index (χ3n) is 7.31. The van der Waals surface area contributed by atoms with E-state index in [-0.39, 0.29) is 18.4 Å². The molecule has 5 rings (SSSR count). The van der Waals surface area contributed by atoms with Crippen LogP contribution in [0.3, 0.4) is 0 Å². The topological polar surface area (TPSA) is 125 Å². The Kier molecular flexibility index (Phi) is 8.30. The predicted molar refractivity (Wildman–Crippen MR) is 162 cm³/mol. The number of sulfonamides is 1. The molecule has 0 radical (unpaired) electrons. The van der Waals surface area contributed by atoms with Gasteiger partial charge in [0.25, 0.3) is 5.91 Å². The van der Waals surface area contributed by atoms with Crippen LogP contribution in [0.2, 0.25) is 0 Å². The van der Waals surface area contributed by atoms with Gasteiger partial charge in [0.15, 0.2) is 0 Å². The number of hydrogen-bond acceptors (Lipinski definition) is 7. The second-order valence-electron chi connectivity index (χ2n) is 10.2. The summed E-state index contributed by atoms with van der Waals surface area (Å²) < 4.78 is 31.3. The van der Waals surface area contributed by atoms with E-state index in [4.69, 9.17) is 4.74 Å². The van der Waals surface area contributed by atoms with Gasteiger partial charge in [-0.3, -0.25) is 13.9 Å². The molecular formula is C31H32N4O6S. The summed E-state index contributed by atoms with van der Waals surface area (Å²) in [4.78, 5) is 39.9. The van der Waals surface area contributed by atoms with Crippen LogP contribution in [0.15, 0.2) is 72.8 Å². The molecule has 2 N–H and O–H groups in total. The largest absolute Gasteiger partial charge is 0.465 e. The van der Waals surface area contributed by atoms with E-state index in [1.165, 1.54) is 7.11 Å². The number of benzene rings is 3. The monoisotopic (exact) mass is 588 g/mol. The fourth-order valence-electron chi connectivity index (χ4n) is 5.17. The maximum atomic E-state index is 13.2. The Labute approximate surface area is 245 Å². The van der Waals surface area contributed by atoms with Crippen molar-refractivity contribution in [2.75, 3.05) is 47.9 Å². The molecule has 0 spiro atoms. The minimum atomic E-state index is -3.73. The maximum absolute atomic E-state index is 13.2. The zero-order valence-electron chi connectivity index (χ0n) is 23.4. The van der Waals surface area contributed by atoms with E-state index in [1.54, 1.807) is 47.4 Å². The number of likely N-dealkylation sites (tertiary alicyclic amines) is 1. The number of methoxy groups -OCH3 is 1. The van der Waals surface area contributed by atoms with Crippen molar-refractivity contribution in [3.63, 3.8) is 0 Å². The van der Waals surface area contributed by atoms with Gasteiger partial charge in [-0.1, -0.05) is 36.4 Å². The third kappa shape index (κ3) is 6.15. The van der Waals surface area contributed by atoms with Gasteiger partial charge in [-0.05, 0) is 61.2 Å². The van der Waals surface area contributed by atoms with Gasteiger partial charge >= 0.3 is 5.97 Å². The molecule has 11 heteroatoms. The van der Waals surface area contributed by atoms with E-state index in [0.29, 0.717) is 52.5 Å². The van der Waals surface area contributed by atoms with Crippen LogP contribution in [-0.2, 0) is 24.3 Å². The van der Waals surface area contributed by atoms with Crippen LogP contribution < -0.4 is 14.9 Å². The maximum Gasteiger partial charge on any atom is 0.337 e. The Morgan fingerprint density at radius 2 is 1.64 bits per heavy atom. The summed E-state index contributed by atoms with van der Waals surface area (Å²) in [5, 5.41) is 6.17. The number of carbonyl (C=O) groups is 3. The highest BCUT2D eigenvalue weighted by Gasteiger charge is 2.30. The Hall–Kier alpha value is -4.64. The second-order valence-corrected chi connectivity index (χ2v) is 12.1. The molecule has 0 aromatic heterocycles. The van der Waals surface area contributed by atoms with E-state index < -0.39 is 16.0 Å². The lowest BCUT2D eigenvalue weighted by molar-refractivity contribution is -0.130. The van der Waals surface area contributed by atoms with Crippen molar-refractivity contribution < 1.29 is 27.5 Å². The van der Waals surface area contributed by atoms with Crippen molar-refractivity contribution in [1.29, 1.82) is 0 Å². The van der Waals surface area contributed by atoms with Crippen LogP contribution in [0.4, 0.5) is 17.1 Å². The highest BCUT2D eigenvalue weighted by molar-refractivity contribution is 7.92. The molecule has 1 fully saturated rings. The number of fused-ring (bicyclic) bond motifs is 1. The number of ether oxygens (including phenoxy) is 1. The number of esters is 1. The number of nitrogens with one attached hydrogen (secondary N) is 2. The standard InChI is InChI=1S/C31H32N4O6S/c1-41-31(38)22-11-16-25-26(19-22)33-30(37)28(25)29(21-9-5-3-6-10-21)32-23-12-14-24(15-13-23)35(42(2,39)40)20-27(36)34-17-7-4-8-18-34/h3,5-6,9-16,19,32H,4,7-8,17-18,20H2,1-2H3,(H,33,37). The predicted octanol–water partition coefficient (Wildman–Crippen LogP) is 4.18. The zero-order chi connectivity index (χ0) is 29.9. The summed E-state index contributed by atoms with van der Waals surface area (Å²) in [7, 11) is -2.43. The van der Waals surface area contributed by atoms with Gasteiger partial charge in [-0.15, -0.1) is 0 Å². The first kappa shape index (κ1) is 28.9. The number of nitrogens with zero attached hydrogens (tertiary/aromatic N) is 2. The van der Waals surface area contributed by atoms with E-state index in [9.17, 15) is 22.8 Å². The number of hydrogen-bond donors (Lipinski definition) is 2. The van der Waals surface area contributed by atoms with Crippen molar-refractivity contribution in [2.45, 2.75) is 19.3 Å². The van der Waals surface area contributed by atoms with Gasteiger partial charge in [-0.2, -0.15) is 0 Å². The number of piperidine rings is 1. The van der Waals surface area contributed by atoms with Crippen LogP contribution in [0.5, 0.6) is 0 Å². The lowest BCUT2D eigenvalue weighted by Crippen LogP contribution is -2.44. The quantitative estimate of drug-likeness (QED) is 0.299. The lowest BCUT2D eigenvalue weighted by Gasteiger charge is -2.30. The normalized spacial score (nSPS) is 15.9. The summed E-state index contributed by atoms with van der Waals surface area (Å²) in [6.45, 7) is 1.00. The van der Waals surface area contributed by atoms with Crippen LogP contribution in [-0.4, -0.2) is 64.1 Å². The minimum absolute atomic E-state index is 0.223. The Bertz CT molecular complexity index is 1650. The molecule has 2 amide bonds. The number of rotatable bonds is 8. The summed E-state index contributed by atoms with van der Waals surface area (Å²) in [5.74, 6) is -1.07. The van der Waals surface area contributed by atoms with Gasteiger partial charge in [0.1, 0.15) is 6.54 Å². The molecule has 2 heterocycles. The molecule has 3 aromatic carbocycles. The first-order chi connectivity index (χ1) is 20.2. The first-order valence-corrected chi connectivity index (χ1v) is 15.5. The number of amides is 2. The average molecular weight is 589 g/mol. The van der Waals surface area contributed by atoms with E-state index in [2.05, 4.69) is 10.6 Å². The summed E-state index contributed by atoms with van der Waals surface area (Å²) in [6.07, 6.45) is 3.98. The van der Waals surface area contributed by atoms with Crippen LogP contribution in [0.25, 0.3) is 11.3 Å². The molecule has 218 valence electrons. The summed E-state index contributed by atoms with van der Waals surface area (Å²) in [6, 6.07) is 20.9. The van der Waals surface area contributed by atoms with E-state index in [1.807, 2.05) is 30.3 Å². The fourth-order valence-corrected chi connectivity index (χ4v) is 6.02. The Morgan fingerprint density at radius 3 is 2.29 bits per heavy atom. The summed E-state index contributed by atoms with van der Waals surface area (Å²) >= 11 is 0. The first-order valence-electron chi connectivity index (χ1n) is 13.6. The molecule has 2 aliphatic rings. The fraction of sp³-hybridized carbons (Fsp3) is 0.258. The molecule has 0 bridgehead atoms. The van der Waals surface area contributed by atoms with Crippen molar-refractivity contribution in [1.82, 2.24) is 4.90 Å².